The van der Waals surface area contributed by atoms with Gasteiger partial charge in [0.1, 0.15) is 6.54 Å². The van der Waals surface area contributed by atoms with Gasteiger partial charge in [-0.1, -0.05) is 29.4 Å². The first kappa shape index (κ1) is 18.1. The predicted molar refractivity (Wildman–Crippen MR) is 95.3 cm³/mol. The van der Waals surface area contributed by atoms with Crippen molar-refractivity contribution in [1.82, 2.24) is 15.0 Å². The second kappa shape index (κ2) is 6.70. The van der Waals surface area contributed by atoms with Crippen molar-refractivity contribution < 1.29 is 18.8 Å². The Morgan fingerprint density at radius 1 is 1.07 bits per heavy atom. The molecule has 0 spiro atoms. The van der Waals surface area contributed by atoms with Crippen molar-refractivity contribution >= 4 is 24.2 Å². The fraction of sp³-hybridized carbons (Fsp3) is 0.444. The molecule has 4 unspecified atom stereocenters. The highest BCUT2D eigenvalue weighted by atomic mass is 35.5. The topological polar surface area (TPSA) is 112 Å². The third-order valence-electron chi connectivity index (χ3n) is 5.58. The molecular formula is C18H19ClN4O4. The Bertz CT molecular complexity index is 856. The molecule has 0 aliphatic carbocycles. The van der Waals surface area contributed by atoms with Crippen LogP contribution in [0, 0.1) is 11.8 Å². The van der Waals surface area contributed by atoms with Crippen molar-refractivity contribution in [3.05, 3.63) is 35.7 Å². The number of rotatable bonds is 4. The van der Waals surface area contributed by atoms with Gasteiger partial charge in [0.25, 0.3) is 0 Å². The summed E-state index contributed by atoms with van der Waals surface area (Å²) in [4.78, 5) is 30.9. The van der Waals surface area contributed by atoms with Crippen LogP contribution >= 0.6 is 12.4 Å². The van der Waals surface area contributed by atoms with E-state index in [-0.39, 0.29) is 60.7 Å². The highest BCUT2D eigenvalue weighted by Gasteiger charge is 2.62. The van der Waals surface area contributed by atoms with Crippen molar-refractivity contribution in [3.63, 3.8) is 0 Å². The maximum atomic E-state index is 12.7. The number of nitrogens with two attached hydrogens (primary N) is 1. The van der Waals surface area contributed by atoms with Crippen molar-refractivity contribution in [3.8, 4) is 11.4 Å². The zero-order valence-corrected chi connectivity index (χ0v) is 15.2. The Balaban J connectivity index is 0.00000180. The van der Waals surface area contributed by atoms with Gasteiger partial charge < -0.3 is 15.0 Å². The number of ether oxygens (including phenoxy) is 1. The number of carbonyl (C=O) groups is 2. The molecule has 3 aliphatic heterocycles. The molecule has 1 aromatic heterocycles. The number of hydrogen-bond acceptors (Lipinski definition) is 7. The van der Waals surface area contributed by atoms with E-state index in [9.17, 15) is 9.59 Å². The molecule has 2 aromatic rings. The molecule has 0 saturated carbocycles. The third-order valence-corrected chi connectivity index (χ3v) is 5.58. The average Bonchev–Trinajstić information content (AvgIpc) is 3.43. The monoisotopic (exact) mass is 390 g/mol. The predicted octanol–water partition coefficient (Wildman–Crippen LogP) is 1.28. The van der Waals surface area contributed by atoms with Crippen LogP contribution in [0.25, 0.3) is 11.4 Å². The van der Waals surface area contributed by atoms with Crippen molar-refractivity contribution in [2.75, 3.05) is 0 Å². The van der Waals surface area contributed by atoms with Crippen molar-refractivity contribution in [1.29, 1.82) is 0 Å². The number of imide groups is 1. The minimum absolute atomic E-state index is 0. The fourth-order valence-electron chi connectivity index (χ4n) is 4.29. The van der Waals surface area contributed by atoms with E-state index in [2.05, 4.69) is 10.1 Å². The molecule has 142 valence electrons. The highest BCUT2D eigenvalue weighted by molar-refractivity contribution is 6.06. The van der Waals surface area contributed by atoms with E-state index >= 15 is 0 Å². The number of hydrogen-bond donors (Lipinski definition) is 1. The number of fused-ring (bicyclic) bond motifs is 5. The van der Waals surface area contributed by atoms with E-state index < -0.39 is 0 Å². The van der Waals surface area contributed by atoms with Gasteiger partial charge in [-0.25, -0.2) is 0 Å². The largest absolute Gasteiger partial charge is 0.373 e. The lowest BCUT2D eigenvalue weighted by Crippen LogP contribution is -2.33. The second-order valence-electron chi connectivity index (χ2n) is 7.02. The molecule has 5 rings (SSSR count). The Morgan fingerprint density at radius 3 is 2.30 bits per heavy atom. The molecule has 2 bridgehead atoms. The summed E-state index contributed by atoms with van der Waals surface area (Å²) in [6.45, 7) is 0.475. The van der Waals surface area contributed by atoms with E-state index in [4.69, 9.17) is 15.0 Å². The summed E-state index contributed by atoms with van der Waals surface area (Å²) in [5.41, 5.74) is 7.39. The number of likely N-dealkylation sites (tertiary alicyclic amines) is 1. The van der Waals surface area contributed by atoms with Crippen molar-refractivity contribution in [2.45, 2.75) is 38.1 Å². The molecule has 2 amide bonds. The maximum Gasteiger partial charge on any atom is 0.247 e. The quantitative estimate of drug-likeness (QED) is 0.782. The fourth-order valence-corrected chi connectivity index (χ4v) is 4.29. The van der Waals surface area contributed by atoms with Gasteiger partial charge in [-0.05, 0) is 18.4 Å². The highest BCUT2D eigenvalue weighted by Crippen LogP contribution is 2.48. The van der Waals surface area contributed by atoms with Crippen molar-refractivity contribution in [2.24, 2.45) is 17.6 Å². The average molecular weight is 391 g/mol. The van der Waals surface area contributed by atoms with Gasteiger partial charge in [0.2, 0.25) is 23.5 Å². The molecule has 0 radical (unpaired) electrons. The van der Waals surface area contributed by atoms with Crippen LogP contribution in [0.5, 0.6) is 0 Å². The minimum Gasteiger partial charge on any atom is -0.373 e. The second-order valence-corrected chi connectivity index (χ2v) is 7.02. The van der Waals surface area contributed by atoms with Crippen LogP contribution in [0.1, 0.15) is 24.3 Å². The first-order valence-electron chi connectivity index (χ1n) is 8.78. The van der Waals surface area contributed by atoms with Crippen LogP contribution in [-0.4, -0.2) is 39.1 Å². The third kappa shape index (κ3) is 2.75. The van der Waals surface area contributed by atoms with Gasteiger partial charge in [-0.2, -0.15) is 4.98 Å². The maximum absolute atomic E-state index is 12.7. The van der Waals surface area contributed by atoms with E-state index in [0.717, 1.165) is 24.0 Å². The molecule has 2 N–H and O–H groups in total. The molecule has 3 fully saturated rings. The summed E-state index contributed by atoms with van der Waals surface area (Å²) >= 11 is 0. The molecule has 4 heterocycles. The zero-order valence-electron chi connectivity index (χ0n) is 14.4. The van der Waals surface area contributed by atoms with E-state index in [1.807, 2.05) is 24.3 Å². The lowest BCUT2D eigenvalue weighted by atomic mass is 9.81. The van der Waals surface area contributed by atoms with Gasteiger partial charge in [0, 0.05) is 12.1 Å². The first-order chi connectivity index (χ1) is 12.7. The molecule has 4 atom stereocenters. The van der Waals surface area contributed by atoms with Gasteiger partial charge >= 0.3 is 0 Å². The number of benzene rings is 1. The summed E-state index contributed by atoms with van der Waals surface area (Å²) in [6, 6.07) is 7.52. The van der Waals surface area contributed by atoms with Crippen LogP contribution in [0.15, 0.2) is 28.8 Å². The number of aromatic nitrogens is 2. The summed E-state index contributed by atoms with van der Waals surface area (Å²) in [5, 5.41) is 3.96. The SMILES string of the molecule is Cl.NCc1ccc(-c2noc(CN3C(=O)C4C5CCC(O5)C4C3=O)n2)cc1. The molecular weight excluding hydrogens is 372 g/mol. The smallest absolute Gasteiger partial charge is 0.247 e. The Hall–Kier alpha value is -2.29. The lowest BCUT2D eigenvalue weighted by molar-refractivity contribution is -0.143. The Kier molecular flexibility index (Phi) is 4.49. The lowest BCUT2D eigenvalue weighted by Gasteiger charge is -2.15. The molecule has 8 nitrogen and oxygen atoms in total. The molecule has 9 heteroatoms. The molecule has 3 saturated heterocycles. The summed E-state index contributed by atoms with van der Waals surface area (Å²) in [5.74, 6) is -0.373. The van der Waals surface area contributed by atoms with Crippen LogP contribution in [0.4, 0.5) is 0 Å². The number of amides is 2. The zero-order chi connectivity index (χ0) is 17.8. The summed E-state index contributed by atoms with van der Waals surface area (Å²) in [6.07, 6.45) is 1.46. The normalized spacial score (nSPS) is 28.6. The van der Waals surface area contributed by atoms with E-state index in [1.165, 1.54) is 4.90 Å². The van der Waals surface area contributed by atoms with Gasteiger partial charge in [0.05, 0.1) is 24.0 Å². The molecule has 27 heavy (non-hydrogen) atoms. The van der Waals surface area contributed by atoms with Gasteiger partial charge in [-0.15, -0.1) is 12.4 Å². The number of nitrogens with zero attached hydrogens (tertiary/aromatic N) is 3. The van der Waals surface area contributed by atoms with Gasteiger partial charge in [-0.3, -0.25) is 14.5 Å². The van der Waals surface area contributed by atoms with E-state index in [0.29, 0.717) is 12.4 Å². The van der Waals surface area contributed by atoms with E-state index in [1.54, 1.807) is 0 Å². The summed E-state index contributed by atoms with van der Waals surface area (Å²) < 4.78 is 11.0. The van der Waals surface area contributed by atoms with Crippen LogP contribution in [0.2, 0.25) is 0 Å². The number of halogens is 1. The minimum atomic E-state index is -0.340. The first-order valence-corrected chi connectivity index (χ1v) is 8.78. The Labute approximate surface area is 161 Å². The van der Waals surface area contributed by atoms with Crippen LogP contribution in [0.3, 0.4) is 0 Å². The van der Waals surface area contributed by atoms with Gasteiger partial charge in [0.15, 0.2) is 0 Å². The van der Waals surface area contributed by atoms with Crippen LogP contribution < -0.4 is 5.73 Å². The Morgan fingerprint density at radius 2 is 1.70 bits per heavy atom. The molecule has 1 aromatic carbocycles. The standard InChI is InChI=1S/C18H18N4O4.ClH/c19-7-9-1-3-10(4-2-9)16-20-13(26-21-16)8-22-17(23)14-11-5-6-12(25-11)15(14)18(22)24;/h1-4,11-12,14-15H,5-8,19H2;1H. The number of carbonyl (C=O) groups excluding carboxylic acids is 2. The van der Waals surface area contributed by atoms with Crippen LogP contribution in [-0.2, 0) is 27.4 Å². The molecule has 3 aliphatic rings. The summed E-state index contributed by atoms with van der Waals surface area (Å²) in [7, 11) is 0.